The third-order valence-electron chi connectivity index (χ3n) is 13.6. The highest BCUT2D eigenvalue weighted by atomic mass is 28.3. The minimum absolute atomic E-state index is 1.14. The Hall–Kier alpha value is -7.60. The van der Waals surface area contributed by atoms with E-state index in [1.807, 2.05) is 0 Å². The fourth-order valence-electron chi connectivity index (χ4n) is 10.8. The zero-order valence-electron chi connectivity index (χ0n) is 35.8. The highest BCUT2D eigenvalue weighted by molar-refractivity contribution is 6.89. The van der Waals surface area contributed by atoms with Gasteiger partial charge < -0.3 is 18.6 Å². The van der Waals surface area contributed by atoms with Crippen molar-refractivity contribution in [3.05, 3.63) is 200 Å². The molecule has 0 fully saturated rings. The summed E-state index contributed by atoms with van der Waals surface area (Å²) in [6, 6.07) is 72.1. The summed E-state index contributed by atoms with van der Waals surface area (Å²) >= 11 is 0. The molecule has 0 N–H and O–H groups in total. The molecule has 0 saturated carbocycles. The lowest BCUT2D eigenvalue weighted by Crippen LogP contribution is -2.40. The predicted molar refractivity (Wildman–Crippen MR) is 273 cm³/mol. The van der Waals surface area contributed by atoms with E-state index in [1.54, 1.807) is 0 Å². The molecule has 0 aliphatic rings. The lowest BCUT2D eigenvalue weighted by atomic mass is 10.0. The molecule has 0 radical (unpaired) electrons. The maximum absolute atomic E-state index is 2.53. The van der Waals surface area contributed by atoms with E-state index in [1.165, 1.54) is 110 Å². The molecule has 0 saturated heterocycles. The Labute approximate surface area is 366 Å². The number of rotatable bonds is 7. The first-order valence-electron chi connectivity index (χ1n) is 22.0. The fraction of sp³-hybridized carbons (Fsp3) is 0.0690. The van der Waals surface area contributed by atoms with E-state index in [9.17, 15) is 0 Å². The van der Waals surface area contributed by atoms with E-state index in [-0.39, 0.29) is 0 Å². The van der Waals surface area contributed by atoms with E-state index >= 15 is 0 Å². The van der Waals surface area contributed by atoms with Crippen LogP contribution < -0.4 is 15.0 Å². The van der Waals surface area contributed by atoms with Gasteiger partial charge in [0.25, 0.3) is 0 Å². The van der Waals surface area contributed by atoms with Crippen LogP contribution in [0.1, 0.15) is 5.56 Å². The number of hydrogen-bond donors (Lipinski definition) is 0. The lowest BCUT2D eigenvalue weighted by molar-refractivity contribution is 1.25. The summed E-state index contributed by atoms with van der Waals surface area (Å²) in [5.41, 5.74) is 15.8. The molecule has 300 valence electrons. The predicted octanol–water partition coefficient (Wildman–Crippen LogP) is 15.8. The van der Waals surface area contributed by atoms with E-state index in [0.29, 0.717) is 0 Å². The average molecular weight is 825 g/mol. The van der Waals surface area contributed by atoms with Crippen molar-refractivity contribution in [3.63, 3.8) is 0 Å². The van der Waals surface area contributed by atoms with Gasteiger partial charge in [-0.1, -0.05) is 129 Å². The molecule has 0 bridgehead atoms. The third-order valence-corrected chi connectivity index (χ3v) is 15.6. The third kappa shape index (κ3) is 5.14. The molecule has 0 aliphatic heterocycles. The van der Waals surface area contributed by atoms with E-state index in [0.717, 1.165) is 11.4 Å². The molecule has 13 rings (SSSR count). The number of aromatic nitrogens is 2. The topological polar surface area (TPSA) is 15.3 Å². The van der Waals surface area contributed by atoms with Crippen molar-refractivity contribution in [2.24, 2.45) is 0 Å². The van der Waals surface area contributed by atoms with Gasteiger partial charge in [0.15, 0.2) is 0 Å². The van der Waals surface area contributed by atoms with Gasteiger partial charge >= 0.3 is 0 Å². The highest BCUT2D eigenvalue weighted by Crippen LogP contribution is 2.47. The van der Waals surface area contributed by atoms with Gasteiger partial charge in [0.2, 0.25) is 0 Å². The molecule has 0 spiro atoms. The normalized spacial score (nSPS) is 12.4. The second kappa shape index (κ2) is 13.2. The molecule has 0 aliphatic carbocycles. The quantitative estimate of drug-likeness (QED) is 0.149. The molecule has 5 heteroatoms. The molecule has 4 heterocycles. The van der Waals surface area contributed by atoms with Gasteiger partial charge in [-0.15, -0.1) is 0 Å². The molecular formula is C58H44N4Si. The highest BCUT2D eigenvalue weighted by Gasteiger charge is 2.27. The second-order valence-electron chi connectivity index (χ2n) is 18.3. The first kappa shape index (κ1) is 36.1. The Morgan fingerprint density at radius 3 is 1.22 bits per heavy atom. The Morgan fingerprint density at radius 1 is 0.333 bits per heavy atom. The van der Waals surface area contributed by atoms with Crippen LogP contribution in [0, 0.1) is 6.92 Å². The molecule has 4 aromatic heterocycles. The fourth-order valence-corrected chi connectivity index (χ4v) is 12.4. The summed E-state index contributed by atoms with van der Waals surface area (Å²) < 4.78 is 5.05. The molecular weight excluding hydrogens is 781 g/mol. The van der Waals surface area contributed by atoms with Crippen LogP contribution in [0.5, 0.6) is 0 Å². The van der Waals surface area contributed by atoms with Gasteiger partial charge in [-0.2, -0.15) is 0 Å². The van der Waals surface area contributed by atoms with Crippen molar-refractivity contribution >= 4 is 124 Å². The SMILES string of the molecule is Cc1ccccc1N(c1ccccc1)c1ccc2c(c1)c1cccc3c4cc5c(cc4n2c13)c1cccc2c3cc(N(c4ccccc4)c4ccccc4[Si](C)(C)C)ccc3n5c21. The molecule has 0 atom stereocenters. The van der Waals surface area contributed by atoms with Gasteiger partial charge in [0, 0.05) is 77.2 Å². The number of benzene rings is 9. The van der Waals surface area contributed by atoms with E-state index < -0.39 is 8.07 Å². The average Bonchev–Trinajstić information content (AvgIpc) is 4.03. The van der Waals surface area contributed by atoms with Crippen molar-refractivity contribution in [3.8, 4) is 0 Å². The largest absolute Gasteiger partial charge is 0.311 e. The Bertz CT molecular complexity index is 3910. The second-order valence-corrected chi connectivity index (χ2v) is 23.3. The molecule has 13 aromatic rings. The number of hydrogen-bond acceptors (Lipinski definition) is 2. The Balaban J connectivity index is 1.03. The molecule has 0 unspecified atom stereocenters. The minimum atomic E-state index is -1.68. The summed E-state index contributed by atoms with van der Waals surface area (Å²) in [4.78, 5) is 4.86. The van der Waals surface area contributed by atoms with Crippen LogP contribution in [0.15, 0.2) is 194 Å². The first-order chi connectivity index (χ1) is 30.8. The van der Waals surface area contributed by atoms with Crippen LogP contribution in [0.3, 0.4) is 0 Å². The van der Waals surface area contributed by atoms with E-state index in [4.69, 9.17) is 0 Å². The molecule has 4 nitrogen and oxygen atoms in total. The lowest BCUT2D eigenvalue weighted by Gasteiger charge is -2.31. The van der Waals surface area contributed by atoms with Crippen LogP contribution in [0.4, 0.5) is 34.1 Å². The number of para-hydroxylation sites is 6. The summed E-state index contributed by atoms with van der Waals surface area (Å²) in [7, 11) is -1.68. The number of nitrogens with zero attached hydrogens (tertiary/aromatic N) is 4. The number of anilines is 6. The van der Waals surface area contributed by atoms with Crippen molar-refractivity contribution in [2.75, 3.05) is 9.80 Å². The smallest absolute Gasteiger partial charge is 0.0803 e. The van der Waals surface area contributed by atoms with Crippen molar-refractivity contribution in [1.82, 2.24) is 8.80 Å². The summed E-state index contributed by atoms with van der Waals surface area (Å²) in [6.45, 7) is 9.52. The maximum Gasteiger partial charge on any atom is 0.0803 e. The zero-order chi connectivity index (χ0) is 42.1. The minimum Gasteiger partial charge on any atom is -0.311 e. The van der Waals surface area contributed by atoms with Crippen LogP contribution in [0.2, 0.25) is 19.6 Å². The molecule has 9 aromatic carbocycles. The maximum atomic E-state index is 2.53. The van der Waals surface area contributed by atoms with Crippen molar-refractivity contribution in [2.45, 2.75) is 26.6 Å². The summed E-state index contributed by atoms with van der Waals surface area (Å²) in [5.74, 6) is 0. The number of fused-ring (bicyclic) bond motifs is 12. The Kier molecular flexibility index (Phi) is 7.56. The van der Waals surface area contributed by atoms with Gasteiger partial charge in [0.05, 0.1) is 41.2 Å². The summed E-state index contributed by atoms with van der Waals surface area (Å²) in [6.07, 6.45) is 0. The van der Waals surface area contributed by atoms with Crippen LogP contribution >= 0.6 is 0 Å². The van der Waals surface area contributed by atoms with E-state index in [2.05, 4.69) is 239 Å². The first-order valence-corrected chi connectivity index (χ1v) is 25.5. The van der Waals surface area contributed by atoms with Crippen LogP contribution in [-0.4, -0.2) is 16.9 Å². The standard InChI is InChI=1S/C58H44N4Si/c1-37-17-11-12-26-50(37)59(38-18-7-5-8-19-38)40-29-31-51-46(33-40)42-22-15-24-44-48-36-55-49(35-54(48)61(51)57(42)44)45-25-16-23-43-47-34-41(30-32-52(47)62(55)58(43)45)60(39-20-9-6-10-21-39)53-27-13-14-28-56(53)63(2,3)4/h5-36H,1-4H3. The van der Waals surface area contributed by atoms with Crippen LogP contribution in [-0.2, 0) is 0 Å². The van der Waals surface area contributed by atoms with Gasteiger partial charge in [-0.3, -0.25) is 0 Å². The van der Waals surface area contributed by atoms with Gasteiger partial charge in [-0.05, 0) is 103 Å². The molecule has 63 heavy (non-hydrogen) atoms. The zero-order valence-corrected chi connectivity index (χ0v) is 36.8. The number of aryl methyl sites for hydroxylation is 1. The molecule has 0 amide bonds. The van der Waals surface area contributed by atoms with Crippen molar-refractivity contribution < 1.29 is 0 Å². The Morgan fingerprint density at radius 2 is 0.746 bits per heavy atom. The van der Waals surface area contributed by atoms with Gasteiger partial charge in [0.1, 0.15) is 0 Å². The summed E-state index contributed by atoms with van der Waals surface area (Å²) in [5, 5.41) is 11.7. The monoisotopic (exact) mass is 824 g/mol. The van der Waals surface area contributed by atoms with Crippen molar-refractivity contribution in [1.29, 1.82) is 0 Å². The van der Waals surface area contributed by atoms with Crippen LogP contribution in [0.25, 0.3) is 76.2 Å². The van der Waals surface area contributed by atoms with Gasteiger partial charge in [-0.25, -0.2) is 0 Å².